The van der Waals surface area contributed by atoms with E-state index in [1.54, 1.807) is 6.20 Å². The fourth-order valence-corrected chi connectivity index (χ4v) is 3.06. The molecule has 0 aromatic carbocycles. The van der Waals surface area contributed by atoms with Crippen molar-refractivity contribution in [2.45, 2.75) is 44.1 Å². The van der Waals surface area contributed by atoms with Crippen LogP contribution < -0.4 is 5.32 Å². The second-order valence-electron chi connectivity index (χ2n) is 5.34. The molecule has 2 aromatic heterocycles. The maximum atomic E-state index is 4.66. The molecule has 2 heterocycles. The summed E-state index contributed by atoms with van der Waals surface area (Å²) in [6.45, 7) is 0. The van der Waals surface area contributed by atoms with Gasteiger partial charge in [-0.15, -0.1) is 0 Å². The van der Waals surface area contributed by atoms with Crippen molar-refractivity contribution < 1.29 is 0 Å². The van der Waals surface area contributed by atoms with Crippen molar-refractivity contribution in [1.82, 2.24) is 20.3 Å². The standard InChI is InChI=1S/C14H20N4/c1-15-14(6-3-2-4-7-14)9-13-17-11-5-8-16-10-12(11)18-13/h5,8,10,15H,2-4,6-7,9H2,1H3,(H,17,18). The van der Waals surface area contributed by atoms with Crippen LogP contribution in [0.15, 0.2) is 18.5 Å². The van der Waals surface area contributed by atoms with Crippen LogP contribution in [-0.2, 0) is 6.42 Å². The summed E-state index contributed by atoms with van der Waals surface area (Å²) < 4.78 is 0. The fraction of sp³-hybridized carbons (Fsp3) is 0.571. The van der Waals surface area contributed by atoms with Crippen molar-refractivity contribution in [1.29, 1.82) is 0 Å². The minimum absolute atomic E-state index is 0.236. The molecule has 3 rings (SSSR count). The summed E-state index contributed by atoms with van der Waals surface area (Å²) in [6, 6.07) is 1.96. The number of aromatic amines is 1. The average Bonchev–Trinajstić information content (AvgIpc) is 2.81. The van der Waals surface area contributed by atoms with E-state index >= 15 is 0 Å². The molecule has 0 aliphatic heterocycles. The third kappa shape index (κ3) is 2.12. The van der Waals surface area contributed by atoms with Crippen LogP contribution >= 0.6 is 0 Å². The van der Waals surface area contributed by atoms with Crippen molar-refractivity contribution in [3.8, 4) is 0 Å². The molecular formula is C14H20N4. The predicted molar refractivity (Wildman–Crippen MR) is 72.5 cm³/mol. The maximum absolute atomic E-state index is 4.66. The number of nitrogens with one attached hydrogen (secondary N) is 2. The zero-order chi connectivity index (χ0) is 12.4. The zero-order valence-electron chi connectivity index (χ0n) is 10.9. The highest BCUT2D eigenvalue weighted by Crippen LogP contribution is 2.30. The molecule has 0 spiro atoms. The molecule has 0 amide bonds. The first kappa shape index (κ1) is 11.7. The molecule has 0 bridgehead atoms. The summed E-state index contributed by atoms with van der Waals surface area (Å²) in [7, 11) is 2.08. The van der Waals surface area contributed by atoms with Crippen LogP contribution in [0, 0.1) is 0 Å². The number of H-pyrrole nitrogens is 1. The number of aromatic nitrogens is 3. The van der Waals surface area contributed by atoms with Gasteiger partial charge in [0.1, 0.15) is 5.82 Å². The van der Waals surface area contributed by atoms with E-state index < -0.39 is 0 Å². The highest BCUT2D eigenvalue weighted by atomic mass is 15.0. The van der Waals surface area contributed by atoms with Gasteiger partial charge in [-0.2, -0.15) is 0 Å². The Labute approximate surface area is 107 Å². The van der Waals surface area contributed by atoms with Gasteiger partial charge in [-0.3, -0.25) is 4.98 Å². The Morgan fingerprint density at radius 1 is 1.33 bits per heavy atom. The summed E-state index contributed by atoms with van der Waals surface area (Å²) in [5.74, 6) is 1.08. The van der Waals surface area contributed by atoms with Gasteiger partial charge in [0.25, 0.3) is 0 Å². The van der Waals surface area contributed by atoms with Gasteiger partial charge in [-0.1, -0.05) is 19.3 Å². The van der Waals surface area contributed by atoms with Gasteiger partial charge in [-0.05, 0) is 26.0 Å². The summed E-state index contributed by atoms with van der Waals surface area (Å²) in [6.07, 6.45) is 11.1. The SMILES string of the molecule is CNC1(Cc2nc3ccncc3[nH]2)CCCCC1. The van der Waals surface area contributed by atoms with Gasteiger partial charge in [0.2, 0.25) is 0 Å². The van der Waals surface area contributed by atoms with E-state index in [1.807, 2.05) is 12.3 Å². The average molecular weight is 244 g/mol. The van der Waals surface area contributed by atoms with Crippen LogP contribution in [0.3, 0.4) is 0 Å². The van der Waals surface area contributed by atoms with E-state index in [-0.39, 0.29) is 5.54 Å². The molecule has 4 heteroatoms. The van der Waals surface area contributed by atoms with E-state index in [2.05, 4.69) is 27.3 Å². The van der Waals surface area contributed by atoms with Crippen LogP contribution in [0.2, 0.25) is 0 Å². The van der Waals surface area contributed by atoms with Gasteiger partial charge in [0.05, 0.1) is 17.2 Å². The van der Waals surface area contributed by atoms with Gasteiger partial charge in [0, 0.05) is 18.2 Å². The van der Waals surface area contributed by atoms with Crippen molar-refractivity contribution in [2.75, 3.05) is 7.05 Å². The van der Waals surface area contributed by atoms with E-state index in [0.717, 1.165) is 23.3 Å². The van der Waals surface area contributed by atoms with Gasteiger partial charge in [0.15, 0.2) is 0 Å². The molecule has 0 radical (unpaired) electrons. The van der Waals surface area contributed by atoms with Gasteiger partial charge >= 0.3 is 0 Å². The molecule has 1 saturated carbocycles. The van der Waals surface area contributed by atoms with Gasteiger partial charge < -0.3 is 10.3 Å². The smallest absolute Gasteiger partial charge is 0.109 e. The van der Waals surface area contributed by atoms with Crippen LogP contribution in [-0.4, -0.2) is 27.5 Å². The lowest BCUT2D eigenvalue weighted by Gasteiger charge is -2.36. The number of hydrogen-bond acceptors (Lipinski definition) is 3. The monoisotopic (exact) mass is 244 g/mol. The van der Waals surface area contributed by atoms with Crippen LogP contribution in [0.1, 0.15) is 37.9 Å². The molecule has 0 saturated heterocycles. The van der Waals surface area contributed by atoms with E-state index in [0.29, 0.717) is 0 Å². The third-order valence-electron chi connectivity index (χ3n) is 4.18. The number of hydrogen-bond donors (Lipinski definition) is 2. The second-order valence-corrected chi connectivity index (χ2v) is 5.34. The first-order valence-corrected chi connectivity index (χ1v) is 6.79. The molecule has 0 atom stereocenters. The van der Waals surface area contributed by atoms with E-state index in [4.69, 9.17) is 0 Å². The molecular weight excluding hydrogens is 224 g/mol. The Bertz CT molecular complexity index is 492. The predicted octanol–water partition coefficient (Wildman–Crippen LogP) is 2.42. The summed E-state index contributed by atoms with van der Waals surface area (Å²) in [4.78, 5) is 12.2. The Balaban J connectivity index is 1.85. The first-order chi connectivity index (χ1) is 8.81. The highest BCUT2D eigenvalue weighted by Gasteiger charge is 2.31. The highest BCUT2D eigenvalue weighted by molar-refractivity contribution is 5.73. The fourth-order valence-electron chi connectivity index (χ4n) is 3.06. The molecule has 0 unspecified atom stereocenters. The topological polar surface area (TPSA) is 53.6 Å². The van der Waals surface area contributed by atoms with Crippen LogP contribution in [0.4, 0.5) is 0 Å². The number of rotatable bonds is 3. The summed E-state index contributed by atoms with van der Waals surface area (Å²) >= 11 is 0. The van der Waals surface area contributed by atoms with Crippen molar-refractivity contribution >= 4 is 11.0 Å². The molecule has 1 aliphatic carbocycles. The lowest BCUT2D eigenvalue weighted by atomic mass is 9.79. The van der Waals surface area contributed by atoms with Crippen molar-refractivity contribution in [2.24, 2.45) is 0 Å². The Hall–Kier alpha value is -1.42. The number of imidazole rings is 1. The van der Waals surface area contributed by atoms with Crippen molar-refractivity contribution in [3.63, 3.8) is 0 Å². The number of fused-ring (bicyclic) bond motifs is 1. The molecule has 2 N–H and O–H groups in total. The number of pyridine rings is 1. The van der Waals surface area contributed by atoms with Crippen LogP contribution in [0.5, 0.6) is 0 Å². The first-order valence-electron chi connectivity index (χ1n) is 6.79. The maximum Gasteiger partial charge on any atom is 0.109 e. The normalized spacial score (nSPS) is 19.2. The molecule has 18 heavy (non-hydrogen) atoms. The quantitative estimate of drug-likeness (QED) is 0.872. The number of likely N-dealkylation sites (N-methyl/N-ethyl adjacent to an activating group) is 1. The molecule has 1 fully saturated rings. The summed E-state index contributed by atoms with van der Waals surface area (Å²) in [5, 5.41) is 3.53. The molecule has 2 aromatic rings. The summed E-state index contributed by atoms with van der Waals surface area (Å²) in [5.41, 5.74) is 2.29. The second kappa shape index (κ2) is 4.69. The van der Waals surface area contributed by atoms with E-state index in [1.165, 1.54) is 32.1 Å². The zero-order valence-corrected chi connectivity index (χ0v) is 10.9. The third-order valence-corrected chi connectivity index (χ3v) is 4.18. The molecule has 4 nitrogen and oxygen atoms in total. The van der Waals surface area contributed by atoms with E-state index in [9.17, 15) is 0 Å². The lowest BCUT2D eigenvalue weighted by Crippen LogP contribution is -2.46. The Morgan fingerprint density at radius 2 is 2.17 bits per heavy atom. The Kier molecular flexibility index (Phi) is 3.04. The number of nitrogens with zero attached hydrogens (tertiary/aromatic N) is 2. The lowest BCUT2D eigenvalue weighted by molar-refractivity contribution is 0.241. The minimum atomic E-state index is 0.236. The Morgan fingerprint density at radius 3 is 2.89 bits per heavy atom. The van der Waals surface area contributed by atoms with Crippen LogP contribution in [0.25, 0.3) is 11.0 Å². The largest absolute Gasteiger partial charge is 0.341 e. The van der Waals surface area contributed by atoms with Gasteiger partial charge in [-0.25, -0.2) is 4.98 Å². The molecule has 96 valence electrons. The molecule has 1 aliphatic rings. The minimum Gasteiger partial charge on any atom is -0.341 e. The van der Waals surface area contributed by atoms with Crippen molar-refractivity contribution in [3.05, 3.63) is 24.3 Å².